The monoisotopic (exact) mass is 336 g/mol. The largest absolute Gasteiger partial charge is 0.497 e. The number of ether oxygens (including phenoxy) is 1. The van der Waals surface area contributed by atoms with Gasteiger partial charge in [-0.25, -0.2) is 0 Å². The second-order valence-electron chi connectivity index (χ2n) is 5.93. The lowest BCUT2D eigenvalue weighted by Gasteiger charge is -2.38. The van der Waals surface area contributed by atoms with Crippen LogP contribution in [0.5, 0.6) is 5.75 Å². The van der Waals surface area contributed by atoms with Crippen LogP contribution >= 0.6 is 22.9 Å². The van der Waals surface area contributed by atoms with Crippen LogP contribution in [-0.4, -0.2) is 26.2 Å². The Labute approximate surface area is 140 Å². The number of nitrogens with two attached hydrogens (primary N) is 1. The number of methoxy groups -OCH3 is 1. The topological polar surface area (TPSA) is 38.5 Å². The Kier molecular flexibility index (Phi) is 4.91. The van der Waals surface area contributed by atoms with Gasteiger partial charge in [-0.05, 0) is 47.9 Å². The fraction of sp³-hybridized carbons (Fsp3) is 0.412. The summed E-state index contributed by atoms with van der Waals surface area (Å²) in [5.41, 5.74) is 8.79. The van der Waals surface area contributed by atoms with Crippen LogP contribution in [0.1, 0.15) is 12.0 Å². The molecule has 2 heterocycles. The van der Waals surface area contributed by atoms with Gasteiger partial charge in [0, 0.05) is 30.9 Å². The first kappa shape index (κ1) is 15.7. The quantitative estimate of drug-likeness (QED) is 0.922. The van der Waals surface area contributed by atoms with Gasteiger partial charge in [0.1, 0.15) is 5.75 Å². The van der Waals surface area contributed by atoms with Crippen molar-refractivity contribution in [1.29, 1.82) is 0 Å². The van der Waals surface area contributed by atoms with E-state index in [9.17, 15) is 0 Å². The number of rotatable bonds is 4. The van der Waals surface area contributed by atoms with Crippen LogP contribution in [0.2, 0.25) is 4.34 Å². The van der Waals surface area contributed by atoms with Gasteiger partial charge in [-0.1, -0.05) is 17.7 Å². The Balaban J connectivity index is 1.72. The van der Waals surface area contributed by atoms with Crippen molar-refractivity contribution < 1.29 is 4.74 Å². The van der Waals surface area contributed by atoms with Crippen LogP contribution in [0.3, 0.4) is 0 Å². The third kappa shape index (κ3) is 3.75. The number of nitrogens with zero attached hydrogens (tertiary/aromatic N) is 1. The van der Waals surface area contributed by atoms with E-state index in [0.29, 0.717) is 5.92 Å². The highest BCUT2D eigenvalue weighted by atomic mass is 35.5. The highest BCUT2D eigenvalue weighted by molar-refractivity contribution is 7.14. The number of halogens is 1. The molecule has 2 aromatic rings. The summed E-state index contributed by atoms with van der Waals surface area (Å²) < 4.78 is 6.19. The predicted octanol–water partition coefficient (Wildman–Crippen LogP) is 3.81. The van der Waals surface area contributed by atoms with Gasteiger partial charge < -0.3 is 15.4 Å². The van der Waals surface area contributed by atoms with Crippen molar-refractivity contribution in [1.82, 2.24) is 0 Å². The Morgan fingerprint density at radius 2 is 2.23 bits per heavy atom. The molecule has 0 saturated carbocycles. The minimum absolute atomic E-state index is 0.207. The maximum Gasteiger partial charge on any atom is 0.120 e. The summed E-state index contributed by atoms with van der Waals surface area (Å²) >= 11 is 7.63. The number of benzene rings is 1. The summed E-state index contributed by atoms with van der Waals surface area (Å²) in [6.45, 7) is 1.92. The SMILES string of the molecule is COc1cccc(N2CC(N)CC(Cc3csc(Cl)c3)C2)c1. The van der Waals surface area contributed by atoms with Crippen molar-refractivity contribution in [2.75, 3.05) is 25.1 Å². The molecule has 2 N–H and O–H groups in total. The van der Waals surface area contributed by atoms with E-state index in [1.54, 1.807) is 18.4 Å². The molecule has 2 atom stereocenters. The van der Waals surface area contributed by atoms with E-state index in [0.717, 1.165) is 36.0 Å². The summed E-state index contributed by atoms with van der Waals surface area (Å²) in [5.74, 6) is 1.44. The van der Waals surface area contributed by atoms with Crippen LogP contribution in [-0.2, 0) is 6.42 Å². The molecule has 3 rings (SSSR count). The summed E-state index contributed by atoms with van der Waals surface area (Å²) in [5, 5.41) is 2.15. The third-order valence-corrected chi connectivity index (χ3v) is 5.27. The van der Waals surface area contributed by atoms with Crippen molar-refractivity contribution in [2.45, 2.75) is 18.9 Å². The van der Waals surface area contributed by atoms with E-state index in [1.807, 2.05) is 12.1 Å². The molecule has 1 aliphatic rings. The van der Waals surface area contributed by atoms with E-state index in [-0.39, 0.29) is 6.04 Å². The third-order valence-electron chi connectivity index (χ3n) is 4.13. The first-order chi connectivity index (χ1) is 10.6. The zero-order chi connectivity index (χ0) is 15.5. The van der Waals surface area contributed by atoms with Gasteiger partial charge in [0.15, 0.2) is 0 Å². The molecule has 0 radical (unpaired) electrons. The zero-order valence-electron chi connectivity index (χ0n) is 12.7. The lowest BCUT2D eigenvalue weighted by atomic mass is 9.89. The van der Waals surface area contributed by atoms with Crippen LogP contribution in [0.4, 0.5) is 5.69 Å². The van der Waals surface area contributed by atoms with Crippen molar-refractivity contribution in [3.05, 3.63) is 45.6 Å². The van der Waals surface area contributed by atoms with Gasteiger partial charge >= 0.3 is 0 Å². The van der Waals surface area contributed by atoms with E-state index in [2.05, 4.69) is 28.5 Å². The summed E-state index contributed by atoms with van der Waals surface area (Å²) in [7, 11) is 1.70. The second kappa shape index (κ2) is 6.90. The molecule has 0 spiro atoms. The number of hydrogen-bond acceptors (Lipinski definition) is 4. The average molecular weight is 337 g/mol. The number of thiophene rings is 1. The Morgan fingerprint density at radius 3 is 2.95 bits per heavy atom. The maximum atomic E-state index is 6.29. The van der Waals surface area contributed by atoms with Crippen molar-refractivity contribution in [3.8, 4) is 5.75 Å². The molecule has 22 heavy (non-hydrogen) atoms. The highest BCUT2D eigenvalue weighted by Crippen LogP contribution is 2.29. The summed E-state index contributed by atoms with van der Waals surface area (Å²) in [4.78, 5) is 2.37. The molecule has 0 amide bonds. The Morgan fingerprint density at radius 1 is 1.36 bits per heavy atom. The second-order valence-corrected chi connectivity index (χ2v) is 7.47. The van der Waals surface area contributed by atoms with Gasteiger partial charge in [0.25, 0.3) is 0 Å². The molecule has 1 aliphatic heterocycles. The van der Waals surface area contributed by atoms with Crippen LogP contribution < -0.4 is 15.4 Å². The fourth-order valence-electron chi connectivity index (χ4n) is 3.20. The maximum absolute atomic E-state index is 6.29. The molecule has 2 unspecified atom stereocenters. The van der Waals surface area contributed by atoms with E-state index < -0.39 is 0 Å². The van der Waals surface area contributed by atoms with Crippen LogP contribution in [0, 0.1) is 5.92 Å². The molecular weight excluding hydrogens is 316 g/mol. The number of anilines is 1. The van der Waals surface area contributed by atoms with Crippen molar-refractivity contribution in [3.63, 3.8) is 0 Å². The Hall–Kier alpha value is -1.23. The van der Waals surface area contributed by atoms with Crippen LogP contribution in [0.15, 0.2) is 35.7 Å². The van der Waals surface area contributed by atoms with Gasteiger partial charge in [-0.2, -0.15) is 0 Å². The molecule has 1 saturated heterocycles. The number of hydrogen-bond donors (Lipinski definition) is 1. The first-order valence-electron chi connectivity index (χ1n) is 7.51. The molecule has 1 aromatic heterocycles. The van der Waals surface area contributed by atoms with Gasteiger partial charge in [-0.3, -0.25) is 0 Å². The van der Waals surface area contributed by atoms with Crippen molar-refractivity contribution >= 4 is 28.6 Å². The summed E-state index contributed by atoms with van der Waals surface area (Å²) in [6.07, 6.45) is 2.10. The zero-order valence-corrected chi connectivity index (χ0v) is 14.2. The normalized spacial score (nSPS) is 21.9. The molecule has 118 valence electrons. The van der Waals surface area contributed by atoms with Crippen LogP contribution in [0.25, 0.3) is 0 Å². The standard InChI is InChI=1S/C17H21ClN2OS/c1-21-16-4-2-3-15(8-16)20-9-12(6-14(19)10-20)5-13-7-17(18)22-11-13/h2-4,7-8,11-12,14H,5-6,9-10,19H2,1H3. The van der Waals surface area contributed by atoms with Gasteiger partial charge in [0.2, 0.25) is 0 Å². The minimum Gasteiger partial charge on any atom is -0.497 e. The van der Waals surface area contributed by atoms with E-state index >= 15 is 0 Å². The van der Waals surface area contributed by atoms with E-state index in [4.69, 9.17) is 22.1 Å². The highest BCUT2D eigenvalue weighted by Gasteiger charge is 2.26. The van der Waals surface area contributed by atoms with Crippen molar-refractivity contribution in [2.24, 2.45) is 11.7 Å². The molecule has 5 heteroatoms. The smallest absolute Gasteiger partial charge is 0.120 e. The van der Waals surface area contributed by atoms with Gasteiger partial charge in [-0.15, -0.1) is 11.3 Å². The summed E-state index contributed by atoms with van der Waals surface area (Å²) in [6, 6.07) is 10.5. The lowest BCUT2D eigenvalue weighted by molar-refractivity contribution is 0.374. The molecular formula is C17H21ClN2OS. The molecule has 1 fully saturated rings. The molecule has 3 nitrogen and oxygen atoms in total. The first-order valence-corrected chi connectivity index (χ1v) is 8.77. The van der Waals surface area contributed by atoms with E-state index in [1.165, 1.54) is 11.3 Å². The number of piperidine rings is 1. The molecule has 0 bridgehead atoms. The average Bonchev–Trinajstić information content (AvgIpc) is 2.92. The Bertz CT molecular complexity index is 631. The fourth-order valence-corrected chi connectivity index (χ4v) is 4.12. The lowest BCUT2D eigenvalue weighted by Crippen LogP contribution is -2.47. The molecule has 1 aromatic carbocycles. The predicted molar refractivity (Wildman–Crippen MR) is 94.3 cm³/mol. The molecule has 0 aliphatic carbocycles. The minimum atomic E-state index is 0.207. The van der Waals surface area contributed by atoms with Gasteiger partial charge in [0.05, 0.1) is 11.4 Å².